The summed E-state index contributed by atoms with van der Waals surface area (Å²) in [5, 5.41) is 0. The van der Waals surface area contributed by atoms with E-state index in [4.69, 9.17) is 0 Å². The van der Waals surface area contributed by atoms with Crippen LogP contribution in [0.5, 0.6) is 0 Å². The third kappa shape index (κ3) is 1.82. The van der Waals surface area contributed by atoms with Crippen molar-refractivity contribution in [1.82, 2.24) is 0 Å². The Bertz CT molecular complexity index is 151. The predicted octanol–water partition coefficient (Wildman–Crippen LogP) is 2.94. The van der Waals surface area contributed by atoms with E-state index >= 15 is 0 Å². The van der Waals surface area contributed by atoms with Crippen molar-refractivity contribution in [3.63, 3.8) is 0 Å². The summed E-state index contributed by atoms with van der Waals surface area (Å²) in [5.41, 5.74) is 0.0655. The highest BCUT2D eigenvalue weighted by atomic mass is 16.1. The number of Topliss-reactive ketones (excluding diaryl/α,β-unsaturated/α-hetero) is 1. The smallest absolute Gasteiger partial charge is 0.138 e. The minimum Gasteiger partial charge on any atom is -0.299 e. The highest BCUT2D eigenvalue weighted by Crippen LogP contribution is 2.38. The summed E-state index contributed by atoms with van der Waals surface area (Å²) in [4.78, 5) is 11.4. The van der Waals surface area contributed by atoms with Gasteiger partial charge < -0.3 is 0 Å². The number of unbranched alkanes of at least 4 members (excludes halogenated alkanes) is 1. The summed E-state index contributed by atoms with van der Waals surface area (Å²) in [6.07, 6.45) is 6.62. The summed E-state index contributed by atoms with van der Waals surface area (Å²) in [5.74, 6) is 0.506. The predicted molar refractivity (Wildman–Crippen MR) is 46.5 cm³/mol. The van der Waals surface area contributed by atoms with Crippen LogP contribution in [-0.4, -0.2) is 5.78 Å². The van der Waals surface area contributed by atoms with Crippen molar-refractivity contribution < 1.29 is 4.79 Å². The molecule has 0 N–H and O–H groups in total. The molecule has 1 aliphatic carbocycles. The van der Waals surface area contributed by atoms with Gasteiger partial charge in [0.05, 0.1) is 0 Å². The fourth-order valence-electron chi connectivity index (χ4n) is 1.91. The summed E-state index contributed by atoms with van der Waals surface area (Å²) in [7, 11) is 0. The first-order valence-corrected chi connectivity index (χ1v) is 4.72. The van der Waals surface area contributed by atoms with E-state index in [1.807, 2.05) is 0 Å². The normalized spacial score (nSPS) is 31.3. The largest absolute Gasteiger partial charge is 0.299 e. The van der Waals surface area contributed by atoms with Gasteiger partial charge in [-0.15, -0.1) is 0 Å². The number of ketones is 1. The molecule has 0 unspecified atom stereocenters. The molecule has 0 spiro atoms. The lowest BCUT2D eigenvalue weighted by molar-refractivity contribution is -0.125. The Kier molecular flexibility index (Phi) is 2.69. The first-order chi connectivity index (χ1) is 5.19. The molecule has 64 valence electrons. The maximum absolute atomic E-state index is 11.4. The van der Waals surface area contributed by atoms with Gasteiger partial charge in [0, 0.05) is 11.8 Å². The highest BCUT2D eigenvalue weighted by molar-refractivity contribution is 5.86. The lowest BCUT2D eigenvalue weighted by atomic mass is 9.82. The molecule has 0 aromatic heterocycles. The Morgan fingerprint density at radius 2 is 2.27 bits per heavy atom. The lowest BCUT2D eigenvalue weighted by Gasteiger charge is -2.20. The second-order valence-electron chi connectivity index (χ2n) is 3.94. The van der Waals surface area contributed by atoms with E-state index in [-0.39, 0.29) is 5.41 Å². The molecule has 0 aliphatic heterocycles. The second kappa shape index (κ2) is 3.38. The number of carbonyl (C=O) groups is 1. The zero-order chi connectivity index (χ0) is 8.32. The van der Waals surface area contributed by atoms with Gasteiger partial charge in [-0.25, -0.2) is 0 Å². The molecule has 1 nitrogen and oxygen atoms in total. The topological polar surface area (TPSA) is 17.1 Å². The number of hydrogen-bond donors (Lipinski definition) is 0. The van der Waals surface area contributed by atoms with E-state index in [0.29, 0.717) is 5.78 Å². The molecule has 1 rings (SSSR count). The summed E-state index contributed by atoms with van der Waals surface area (Å²) >= 11 is 0. The molecule has 11 heavy (non-hydrogen) atoms. The van der Waals surface area contributed by atoms with Crippen molar-refractivity contribution in [2.75, 3.05) is 0 Å². The fraction of sp³-hybridized carbons (Fsp3) is 0.900. The van der Waals surface area contributed by atoms with Crippen molar-refractivity contribution in [3.8, 4) is 0 Å². The van der Waals surface area contributed by atoms with E-state index in [1.165, 1.54) is 12.8 Å². The van der Waals surface area contributed by atoms with Crippen molar-refractivity contribution in [2.45, 2.75) is 52.4 Å². The molecule has 1 saturated carbocycles. The Labute approximate surface area is 69.2 Å². The Hall–Kier alpha value is -0.330. The third-order valence-corrected chi connectivity index (χ3v) is 2.89. The fourth-order valence-corrected chi connectivity index (χ4v) is 1.91. The second-order valence-corrected chi connectivity index (χ2v) is 3.94. The number of hydrogen-bond acceptors (Lipinski definition) is 1. The van der Waals surface area contributed by atoms with Crippen LogP contribution in [0.1, 0.15) is 52.4 Å². The minimum atomic E-state index is 0.0655. The highest BCUT2D eigenvalue weighted by Gasteiger charge is 2.36. The van der Waals surface area contributed by atoms with Crippen molar-refractivity contribution in [1.29, 1.82) is 0 Å². The van der Waals surface area contributed by atoms with Crippen LogP contribution in [-0.2, 0) is 4.79 Å². The molecule has 1 fully saturated rings. The average Bonchev–Trinajstić information content (AvgIpc) is 2.30. The third-order valence-electron chi connectivity index (χ3n) is 2.89. The van der Waals surface area contributed by atoms with Crippen LogP contribution in [0.2, 0.25) is 0 Å². The molecule has 0 bridgehead atoms. The molecule has 1 atom stereocenters. The Balaban J connectivity index is 2.44. The van der Waals surface area contributed by atoms with Gasteiger partial charge in [0.15, 0.2) is 0 Å². The zero-order valence-corrected chi connectivity index (χ0v) is 7.65. The Morgan fingerprint density at radius 3 is 2.73 bits per heavy atom. The molecule has 0 heterocycles. The maximum atomic E-state index is 11.4. The summed E-state index contributed by atoms with van der Waals surface area (Å²) in [6, 6.07) is 0. The Morgan fingerprint density at radius 1 is 1.55 bits per heavy atom. The molecule has 0 aromatic rings. The maximum Gasteiger partial charge on any atom is 0.138 e. The molecule has 0 aromatic carbocycles. The monoisotopic (exact) mass is 154 g/mol. The van der Waals surface area contributed by atoms with Gasteiger partial charge in [-0.1, -0.05) is 26.7 Å². The quantitative estimate of drug-likeness (QED) is 0.611. The van der Waals surface area contributed by atoms with Gasteiger partial charge in [0.25, 0.3) is 0 Å². The van der Waals surface area contributed by atoms with Gasteiger partial charge in [-0.3, -0.25) is 4.79 Å². The van der Waals surface area contributed by atoms with Crippen LogP contribution >= 0.6 is 0 Å². The zero-order valence-electron chi connectivity index (χ0n) is 7.65. The van der Waals surface area contributed by atoms with Crippen LogP contribution in [0.15, 0.2) is 0 Å². The van der Waals surface area contributed by atoms with E-state index in [2.05, 4.69) is 13.8 Å². The van der Waals surface area contributed by atoms with Crippen molar-refractivity contribution in [3.05, 3.63) is 0 Å². The first-order valence-electron chi connectivity index (χ1n) is 4.72. The van der Waals surface area contributed by atoms with E-state index in [1.54, 1.807) is 0 Å². The first kappa shape index (κ1) is 8.76. The standard InChI is InChI=1S/C10H18O/c1-3-4-7-10(2)8-5-6-9(10)11/h3-8H2,1-2H3/t10-/m0/s1. The van der Waals surface area contributed by atoms with Crippen molar-refractivity contribution >= 4 is 5.78 Å². The molecular formula is C10H18O. The van der Waals surface area contributed by atoms with Crippen LogP contribution in [0.4, 0.5) is 0 Å². The molecule has 0 saturated heterocycles. The minimum absolute atomic E-state index is 0.0655. The number of rotatable bonds is 3. The molecule has 0 amide bonds. The SMILES string of the molecule is CCCC[C@@]1(C)CCCC1=O. The molecule has 1 aliphatic rings. The molecule has 1 heteroatoms. The lowest BCUT2D eigenvalue weighted by Crippen LogP contribution is -2.20. The van der Waals surface area contributed by atoms with Crippen LogP contribution in [0.25, 0.3) is 0 Å². The number of carbonyl (C=O) groups excluding carboxylic acids is 1. The van der Waals surface area contributed by atoms with E-state index in [9.17, 15) is 4.79 Å². The van der Waals surface area contributed by atoms with Gasteiger partial charge in [0.1, 0.15) is 5.78 Å². The molecule has 0 radical (unpaired) electrons. The van der Waals surface area contributed by atoms with Crippen molar-refractivity contribution in [2.24, 2.45) is 5.41 Å². The van der Waals surface area contributed by atoms with Crippen LogP contribution < -0.4 is 0 Å². The van der Waals surface area contributed by atoms with Gasteiger partial charge in [0.2, 0.25) is 0 Å². The molecular weight excluding hydrogens is 136 g/mol. The average molecular weight is 154 g/mol. The van der Waals surface area contributed by atoms with E-state index < -0.39 is 0 Å². The van der Waals surface area contributed by atoms with E-state index in [0.717, 1.165) is 25.7 Å². The van der Waals surface area contributed by atoms with Gasteiger partial charge >= 0.3 is 0 Å². The van der Waals surface area contributed by atoms with Crippen LogP contribution in [0, 0.1) is 5.41 Å². The summed E-state index contributed by atoms with van der Waals surface area (Å²) in [6.45, 7) is 4.32. The van der Waals surface area contributed by atoms with Crippen LogP contribution in [0.3, 0.4) is 0 Å². The summed E-state index contributed by atoms with van der Waals surface area (Å²) < 4.78 is 0. The van der Waals surface area contributed by atoms with Gasteiger partial charge in [-0.05, 0) is 19.3 Å². The van der Waals surface area contributed by atoms with Gasteiger partial charge in [-0.2, -0.15) is 0 Å².